The molecule has 1 aromatic carbocycles. The van der Waals surface area contributed by atoms with Gasteiger partial charge in [0.2, 0.25) is 11.8 Å². The smallest absolute Gasteiger partial charge is 0.273 e. The molecule has 0 unspecified atom stereocenters. The Hall–Kier alpha value is -3.16. The first kappa shape index (κ1) is 18.6. The van der Waals surface area contributed by atoms with E-state index in [0.717, 1.165) is 5.56 Å². The molecule has 8 nitrogen and oxygen atoms in total. The molecule has 2 aromatic rings. The molecule has 0 atom stereocenters. The van der Waals surface area contributed by atoms with Gasteiger partial charge in [-0.3, -0.25) is 14.4 Å². The largest absolute Gasteiger partial charge is 0.355 e. The van der Waals surface area contributed by atoms with Gasteiger partial charge < -0.3 is 19.6 Å². The van der Waals surface area contributed by atoms with Gasteiger partial charge in [0, 0.05) is 57.7 Å². The minimum Gasteiger partial charge on any atom is -0.355 e. The molecular weight excluding hydrogens is 348 g/mol. The van der Waals surface area contributed by atoms with Gasteiger partial charge in [-0.1, -0.05) is 35.5 Å². The maximum Gasteiger partial charge on any atom is 0.273 e. The Morgan fingerprint density at radius 1 is 1.07 bits per heavy atom. The lowest BCUT2D eigenvalue weighted by molar-refractivity contribution is -0.138. The fourth-order valence-corrected chi connectivity index (χ4v) is 2.92. The molecule has 3 amide bonds. The Kier molecular flexibility index (Phi) is 5.85. The van der Waals surface area contributed by atoms with E-state index in [0.29, 0.717) is 31.9 Å². The lowest BCUT2D eigenvalue weighted by atomic mass is 10.1. The second-order valence-electron chi connectivity index (χ2n) is 6.34. The molecule has 27 heavy (non-hydrogen) atoms. The standard InChI is InChI=1S/C19H22N4O4/c1-14(24)22-9-11-23(12-10-22)18(25)7-8-20-19(26)16-13-17(27-21-16)15-5-3-2-4-6-15/h2-6,13H,7-12H2,1H3,(H,20,26). The van der Waals surface area contributed by atoms with Gasteiger partial charge in [-0.05, 0) is 0 Å². The van der Waals surface area contributed by atoms with Crippen LogP contribution in [0.3, 0.4) is 0 Å². The molecule has 0 saturated carbocycles. The zero-order valence-electron chi connectivity index (χ0n) is 15.2. The van der Waals surface area contributed by atoms with E-state index in [1.54, 1.807) is 15.9 Å². The lowest BCUT2D eigenvalue weighted by Gasteiger charge is -2.34. The van der Waals surface area contributed by atoms with Crippen molar-refractivity contribution < 1.29 is 18.9 Å². The SMILES string of the molecule is CC(=O)N1CCN(C(=O)CCNC(=O)c2cc(-c3ccccc3)on2)CC1. The summed E-state index contributed by atoms with van der Waals surface area (Å²) in [6.07, 6.45) is 0.204. The number of rotatable bonds is 5. The van der Waals surface area contributed by atoms with Crippen molar-refractivity contribution in [3.8, 4) is 11.3 Å². The Bertz CT molecular complexity index is 810. The summed E-state index contributed by atoms with van der Waals surface area (Å²) in [6.45, 7) is 3.90. The monoisotopic (exact) mass is 370 g/mol. The molecule has 142 valence electrons. The van der Waals surface area contributed by atoms with Crippen LogP contribution in [-0.4, -0.2) is 65.4 Å². The van der Waals surface area contributed by atoms with Crippen molar-refractivity contribution in [2.75, 3.05) is 32.7 Å². The van der Waals surface area contributed by atoms with E-state index in [9.17, 15) is 14.4 Å². The van der Waals surface area contributed by atoms with Gasteiger partial charge in [0.25, 0.3) is 5.91 Å². The first-order chi connectivity index (χ1) is 13.0. The number of hydrogen-bond acceptors (Lipinski definition) is 5. The molecule has 1 aromatic heterocycles. The number of nitrogens with zero attached hydrogens (tertiary/aromatic N) is 3. The number of carbonyl (C=O) groups excluding carboxylic acids is 3. The van der Waals surface area contributed by atoms with Crippen molar-refractivity contribution in [1.29, 1.82) is 0 Å². The van der Waals surface area contributed by atoms with Gasteiger partial charge in [0.1, 0.15) is 0 Å². The van der Waals surface area contributed by atoms with Gasteiger partial charge >= 0.3 is 0 Å². The molecule has 1 saturated heterocycles. The Morgan fingerprint density at radius 3 is 2.41 bits per heavy atom. The Morgan fingerprint density at radius 2 is 1.74 bits per heavy atom. The quantitative estimate of drug-likeness (QED) is 0.852. The third-order valence-electron chi connectivity index (χ3n) is 4.50. The van der Waals surface area contributed by atoms with Crippen molar-refractivity contribution in [2.24, 2.45) is 0 Å². The summed E-state index contributed by atoms with van der Waals surface area (Å²) in [6, 6.07) is 11.0. The molecule has 0 radical (unpaired) electrons. The van der Waals surface area contributed by atoms with Crippen molar-refractivity contribution in [3.63, 3.8) is 0 Å². The molecule has 8 heteroatoms. The molecule has 0 aliphatic carbocycles. The summed E-state index contributed by atoms with van der Waals surface area (Å²) in [5.41, 5.74) is 1.01. The van der Waals surface area contributed by atoms with Gasteiger partial charge in [-0.2, -0.15) is 0 Å². The summed E-state index contributed by atoms with van der Waals surface area (Å²) in [7, 11) is 0. The topological polar surface area (TPSA) is 95.8 Å². The molecule has 1 fully saturated rings. The van der Waals surface area contributed by atoms with E-state index in [4.69, 9.17) is 4.52 Å². The predicted molar refractivity (Wildman–Crippen MR) is 97.7 cm³/mol. The highest BCUT2D eigenvalue weighted by molar-refractivity contribution is 5.93. The summed E-state index contributed by atoms with van der Waals surface area (Å²) in [5.74, 6) is 0.121. The van der Waals surface area contributed by atoms with Crippen molar-refractivity contribution in [1.82, 2.24) is 20.3 Å². The highest BCUT2D eigenvalue weighted by Crippen LogP contribution is 2.19. The molecule has 1 N–H and O–H groups in total. The van der Waals surface area contributed by atoms with Crippen LogP contribution in [-0.2, 0) is 9.59 Å². The van der Waals surface area contributed by atoms with Crippen LogP contribution >= 0.6 is 0 Å². The van der Waals surface area contributed by atoms with E-state index in [-0.39, 0.29) is 36.4 Å². The van der Waals surface area contributed by atoms with Gasteiger partial charge in [0.05, 0.1) is 0 Å². The Labute approximate surface area is 157 Å². The van der Waals surface area contributed by atoms with Gasteiger partial charge in [-0.15, -0.1) is 0 Å². The molecule has 1 aliphatic heterocycles. The number of carbonyl (C=O) groups is 3. The van der Waals surface area contributed by atoms with E-state index in [2.05, 4.69) is 10.5 Å². The van der Waals surface area contributed by atoms with Crippen molar-refractivity contribution in [3.05, 3.63) is 42.1 Å². The zero-order chi connectivity index (χ0) is 19.2. The van der Waals surface area contributed by atoms with Gasteiger partial charge in [-0.25, -0.2) is 0 Å². The average Bonchev–Trinajstić information content (AvgIpc) is 3.19. The first-order valence-electron chi connectivity index (χ1n) is 8.88. The second-order valence-corrected chi connectivity index (χ2v) is 6.34. The van der Waals surface area contributed by atoms with Crippen molar-refractivity contribution >= 4 is 17.7 Å². The molecule has 3 rings (SSSR count). The highest BCUT2D eigenvalue weighted by Gasteiger charge is 2.22. The fraction of sp³-hybridized carbons (Fsp3) is 0.368. The van der Waals surface area contributed by atoms with Gasteiger partial charge in [0.15, 0.2) is 11.5 Å². The number of nitrogens with one attached hydrogen (secondary N) is 1. The van der Waals surface area contributed by atoms with Crippen LogP contribution in [0.25, 0.3) is 11.3 Å². The predicted octanol–water partition coefficient (Wildman–Crippen LogP) is 1.15. The summed E-state index contributed by atoms with van der Waals surface area (Å²) in [5, 5.41) is 6.47. The van der Waals surface area contributed by atoms with Crippen LogP contribution in [0.1, 0.15) is 23.8 Å². The second kappa shape index (κ2) is 8.48. The fourth-order valence-electron chi connectivity index (χ4n) is 2.92. The zero-order valence-corrected chi connectivity index (χ0v) is 15.2. The molecule has 2 heterocycles. The third kappa shape index (κ3) is 4.72. The van der Waals surface area contributed by atoms with Crippen LogP contribution in [0, 0.1) is 0 Å². The van der Waals surface area contributed by atoms with Crippen molar-refractivity contribution in [2.45, 2.75) is 13.3 Å². The van der Waals surface area contributed by atoms with E-state index in [1.165, 1.54) is 6.92 Å². The maximum absolute atomic E-state index is 12.2. The van der Waals surface area contributed by atoms with E-state index < -0.39 is 0 Å². The number of hydrogen-bond donors (Lipinski definition) is 1. The Balaban J connectivity index is 1.44. The lowest BCUT2D eigenvalue weighted by Crippen LogP contribution is -2.50. The number of amides is 3. The minimum absolute atomic E-state index is 0.0249. The molecule has 1 aliphatic rings. The normalized spacial score (nSPS) is 14.1. The number of benzene rings is 1. The molecule has 0 spiro atoms. The van der Waals surface area contributed by atoms with Crippen LogP contribution in [0.15, 0.2) is 40.9 Å². The minimum atomic E-state index is -0.380. The first-order valence-corrected chi connectivity index (χ1v) is 8.88. The van der Waals surface area contributed by atoms with Crippen LogP contribution in [0.5, 0.6) is 0 Å². The van der Waals surface area contributed by atoms with E-state index in [1.807, 2.05) is 30.3 Å². The van der Waals surface area contributed by atoms with Crippen LogP contribution in [0.4, 0.5) is 0 Å². The maximum atomic E-state index is 12.2. The number of aromatic nitrogens is 1. The average molecular weight is 370 g/mol. The van der Waals surface area contributed by atoms with E-state index >= 15 is 0 Å². The summed E-state index contributed by atoms with van der Waals surface area (Å²) in [4.78, 5) is 39.1. The molecular formula is C19H22N4O4. The number of piperazine rings is 1. The van der Waals surface area contributed by atoms with Crippen LogP contribution < -0.4 is 5.32 Å². The third-order valence-corrected chi connectivity index (χ3v) is 4.50. The highest BCUT2D eigenvalue weighted by atomic mass is 16.5. The van der Waals surface area contributed by atoms with Crippen LogP contribution in [0.2, 0.25) is 0 Å². The summed E-state index contributed by atoms with van der Waals surface area (Å²) >= 11 is 0. The summed E-state index contributed by atoms with van der Waals surface area (Å²) < 4.78 is 5.21. The molecule has 0 bridgehead atoms.